The van der Waals surface area contributed by atoms with Gasteiger partial charge >= 0.3 is 5.97 Å². The SMILES string of the molecule is Cc1ccc(C(C)(C)C(=O)NCCc2ccc(OCC(=O)O)cc2)cc1. The molecule has 0 aliphatic heterocycles. The van der Waals surface area contributed by atoms with Crippen LogP contribution in [0.1, 0.15) is 30.5 Å². The van der Waals surface area contributed by atoms with Gasteiger partial charge in [-0.1, -0.05) is 42.0 Å². The summed E-state index contributed by atoms with van der Waals surface area (Å²) in [5, 5.41) is 11.6. The molecule has 0 spiro atoms. The number of nitrogens with one attached hydrogen (secondary N) is 1. The Labute approximate surface area is 154 Å². The number of carbonyl (C=O) groups excluding carboxylic acids is 1. The summed E-state index contributed by atoms with van der Waals surface area (Å²) >= 11 is 0. The Bertz CT molecular complexity index is 749. The summed E-state index contributed by atoms with van der Waals surface area (Å²) in [7, 11) is 0. The van der Waals surface area contributed by atoms with Crippen molar-refractivity contribution in [3.63, 3.8) is 0 Å². The zero-order chi connectivity index (χ0) is 19.2. The van der Waals surface area contributed by atoms with E-state index in [1.54, 1.807) is 12.1 Å². The van der Waals surface area contributed by atoms with Crippen molar-refractivity contribution in [1.82, 2.24) is 5.32 Å². The van der Waals surface area contributed by atoms with Crippen LogP contribution in [0, 0.1) is 6.92 Å². The highest BCUT2D eigenvalue weighted by atomic mass is 16.5. The first kappa shape index (κ1) is 19.5. The Morgan fingerprint density at radius 3 is 2.23 bits per heavy atom. The van der Waals surface area contributed by atoms with E-state index in [-0.39, 0.29) is 12.5 Å². The molecule has 2 N–H and O–H groups in total. The number of amides is 1. The zero-order valence-electron chi connectivity index (χ0n) is 15.4. The molecular weight excluding hydrogens is 330 g/mol. The van der Waals surface area contributed by atoms with Crippen molar-refractivity contribution >= 4 is 11.9 Å². The summed E-state index contributed by atoms with van der Waals surface area (Å²) in [6, 6.07) is 15.2. The number of benzene rings is 2. The third-order valence-corrected chi connectivity index (χ3v) is 4.33. The third-order valence-electron chi connectivity index (χ3n) is 4.33. The molecule has 0 fully saturated rings. The van der Waals surface area contributed by atoms with Gasteiger partial charge in [-0.3, -0.25) is 4.79 Å². The molecule has 138 valence electrons. The molecule has 5 heteroatoms. The van der Waals surface area contributed by atoms with Crippen LogP contribution in [0.5, 0.6) is 5.75 Å². The minimum absolute atomic E-state index is 0.0113. The molecule has 0 aromatic heterocycles. The lowest BCUT2D eigenvalue weighted by atomic mass is 9.83. The number of carboxylic acids is 1. The quantitative estimate of drug-likeness (QED) is 0.763. The molecule has 2 rings (SSSR count). The first-order chi connectivity index (χ1) is 12.3. The van der Waals surface area contributed by atoms with E-state index >= 15 is 0 Å². The average Bonchev–Trinajstić information content (AvgIpc) is 2.61. The predicted octanol–water partition coefficient (Wildman–Crippen LogP) is 3.09. The lowest BCUT2D eigenvalue weighted by molar-refractivity contribution is -0.139. The maximum atomic E-state index is 12.6. The fraction of sp³-hybridized carbons (Fsp3) is 0.333. The largest absolute Gasteiger partial charge is 0.482 e. The number of carbonyl (C=O) groups is 2. The molecule has 0 heterocycles. The van der Waals surface area contributed by atoms with Crippen LogP contribution in [0.3, 0.4) is 0 Å². The monoisotopic (exact) mass is 355 g/mol. The molecule has 0 saturated carbocycles. The van der Waals surface area contributed by atoms with Gasteiger partial charge in [0.15, 0.2) is 6.61 Å². The molecule has 0 bridgehead atoms. The molecule has 1 amide bonds. The van der Waals surface area contributed by atoms with Gasteiger partial charge in [0.25, 0.3) is 0 Å². The number of aliphatic carboxylic acids is 1. The molecule has 0 atom stereocenters. The van der Waals surface area contributed by atoms with Crippen LogP contribution in [-0.4, -0.2) is 30.1 Å². The van der Waals surface area contributed by atoms with Gasteiger partial charge in [0, 0.05) is 6.54 Å². The topological polar surface area (TPSA) is 75.6 Å². The minimum atomic E-state index is -1.01. The smallest absolute Gasteiger partial charge is 0.341 e. The van der Waals surface area contributed by atoms with E-state index in [0.29, 0.717) is 18.7 Å². The molecule has 0 unspecified atom stereocenters. The van der Waals surface area contributed by atoms with Crippen molar-refractivity contribution in [2.24, 2.45) is 0 Å². The van der Waals surface area contributed by atoms with Crippen LogP contribution in [0.15, 0.2) is 48.5 Å². The Morgan fingerprint density at radius 2 is 1.65 bits per heavy atom. The number of hydrogen-bond donors (Lipinski definition) is 2. The van der Waals surface area contributed by atoms with E-state index in [9.17, 15) is 9.59 Å². The standard InChI is InChI=1S/C21H25NO4/c1-15-4-8-17(9-5-15)21(2,3)20(25)22-13-12-16-6-10-18(11-7-16)26-14-19(23)24/h4-11H,12-14H2,1-3H3,(H,22,25)(H,23,24). The summed E-state index contributed by atoms with van der Waals surface area (Å²) in [5.41, 5.74) is 2.60. The van der Waals surface area contributed by atoms with Gasteiger partial charge in [0.2, 0.25) is 5.91 Å². The molecule has 0 saturated heterocycles. The minimum Gasteiger partial charge on any atom is -0.482 e. The first-order valence-corrected chi connectivity index (χ1v) is 8.58. The summed E-state index contributed by atoms with van der Waals surface area (Å²) in [5.74, 6) is -0.503. The molecule has 0 aliphatic carbocycles. The maximum Gasteiger partial charge on any atom is 0.341 e. The lowest BCUT2D eigenvalue weighted by Crippen LogP contribution is -2.40. The predicted molar refractivity (Wildman–Crippen MR) is 100 cm³/mol. The molecule has 0 radical (unpaired) electrons. The number of ether oxygens (including phenoxy) is 1. The molecule has 26 heavy (non-hydrogen) atoms. The van der Waals surface area contributed by atoms with Gasteiger partial charge in [0.1, 0.15) is 5.75 Å². The van der Waals surface area contributed by atoms with Crippen LogP contribution in [0.4, 0.5) is 0 Å². The normalized spacial score (nSPS) is 11.0. The zero-order valence-corrected chi connectivity index (χ0v) is 15.4. The second-order valence-electron chi connectivity index (χ2n) is 6.82. The second kappa shape index (κ2) is 8.52. The number of aryl methyl sites for hydroxylation is 1. The summed E-state index contributed by atoms with van der Waals surface area (Å²) < 4.78 is 5.10. The molecular formula is C21H25NO4. The van der Waals surface area contributed by atoms with Crippen LogP contribution in [0.25, 0.3) is 0 Å². The maximum absolute atomic E-state index is 12.6. The number of rotatable bonds is 8. The van der Waals surface area contributed by atoms with Crippen molar-refractivity contribution in [1.29, 1.82) is 0 Å². The summed E-state index contributed by atoms with van der Waals surface area (Å²) in [6.45, 7) is 6.03. The fourth-order valence-corrected chi connectivity index (χ4v) is 2.54. The third kappa shape index (κ3) is 5.34. The Hall–Kier alpha value is -2.82. The van der Waals surface area contributed by atoms with E-state index in [0.717, 1.165) is 11.1 Å². The molecule has 2 aromatic carbocycles. The molecule has 0 aliphatic rings. The molecule has 5 nitrogen and oxygen atoms in total. The van der Waals surface area contributed by atoms with Crippen molar-refractivity contribution in [2.45, 2.75) is 32.6 Å². The van der Waals surface area contributed by atoms with Gasteiger partial charge in [-0.2, -0.15) is 0 Å². The van der Waals surface area contributed by atoms with Crippen molar-refractivity contribution in [2.75, 3.05) is 13.2 Å². The van der Waals surface area contributed by atoms with E-state index in [1.807, 2.05) is 57.2 Å². The van der Waals surface area contributed by atoms with Crippen LogP contribution in [-0.2, 0) is 21.4 Å². The second-order valence-corrected chi connectivity index (χ2v) is 6.82. The summed E-state index contributed by atoms with van der Waals surface area (Å²) in [6.07, 6.45) is 0.689. The highest BCUT2D eigenvalue weighted by molar-refractivity contribution is 5.87. The Morgan fingerprint density at radius 1 is 1.04 bits per heavy atom. The van der Waals surface area contributed by atoms with Crippen molar-refractivity contribution in [3.8, 4) is 5.75 Å². The average molecular weight is 355 g/mol. The van der Waals surface area contributed by atoms with Gasteiger partial charge in [-0.05, 0) is 50.5 Å². The summed E-state index contributed by atoms with van der Waals surface area (Å²) in [4.78, 5) is 23.0. The van der Waals surface area contributed by atoms with Crippen LogP contribution in [0.2, 0.25) is 0 Å². The van der Waals surface area contributed by atoms with Crippen LogP contribution >= 0.6 is 0 Å². The van der Waals surface area contributed by atoms with Crippen molar-refractivity contribution < 1.29 is 19.4 Å². The van der Waals surface area contributed by atoms with E-state index in [2.05, 4.69) is 5.32 Å². The van der Waals surface area contributed by atoms with Gasteiger partial charge in [-0.25, -0.2) is 4.79 Å². The van der Waals surface area contributed by atoms with E-state index < -0.39 is 11.4 Å². The number of hydrogen-bond acceptors (Lipinski definition) is 3. The van der Waals surface area contributed by atoms with Gasteiger partial charge < -0.3 is 15.2 Å². The fourth-order valence-electron chi connectivity index (χ4n) is 2.54. The number of carboxylic acid groups (broad SMARTS) is 1. The Kier molecular flexibility index (Phi) is 6.39. The van der Waals surface area contributed by atoms with Gasteiger partial charge in [0.05, 0.1) is 5.41 Å². The Balaban J connectivity index is 1.85. The highest BCUT2D eigenvalue weighted by Gasteiger charge is 2.29. The molecule has 2 aromatic rings. The first-order valence-electron chi connectivity index (χ1n) is 8.58. The van der Waals surface area contributed by atoms with Crippen molar-refractivity contribution in [3.05, 3.63) is 65.2 Å². The van der Waals surface area contributed by atoms with E-state index in [4.69, 9.17) is 9.84 Å². The van der Waals surface area contributed by atoms with E-state index in [1.165, 1.54) is 5.56 Å². The van der Waals surface area contributed by atoms with Gasteiger partial charge in [-0.15, -0.1) is 0 Å². The van der Waals surface area contributed by atoms with Crippen LogP contribution < -0.4 is 10.1 Å². The highest BCUT2D eigenvalue weighted by Crippen LogP contribution is 2.23. The lowest BCUT2D eigenvalue weighted by Gasteiger charge is -2.24.